The van der Waals surface area contributed by atoms with Gasteiger partial charge in [0.2, 0.25) is 0 Å². The minimum absolute atomic E-state index is 0.148. The fourth-order valence-electron chi connectivity index (χ4n) is 3.15. The van der Waals surface area contributed by atoms with Crippen molar-refractivity contribution in [3.05, 3.63) is 29.3 Å². The van der Waals surface area contributed by atoms with Crippen molar-refractivity contribution in [2.24, 2.45) is 17.0 Å². The van der Waals surface area contributed by atoms with Crippen molar-refractivity contribution >= 4 is 5.71 Å². The summed E-state index contributed by atoms with van der Waals surface area (Å²) in [4.78, 5) is 5.52. The number of rotatable bonds is 3. The minimum Gasteiger partial charge on any atom is -0.496 e. The van der Waals surface area contributed by atoms with E-state index in [0.717, 1.165) is 35.4 Å². The molecule has 1 aliphatic heterocycles. The summed E-state index contributed by atoms with van der Waals surface area (Å²) in [6, 6.07) is 6.09. The third kappa shape index (κ3) is 2.10. The Hall–Kier alpha value is -1.55. The van der Waals surface area contributed by atoms with Crippen LogP contribution in [0, 0.1) is 18.8 Å². The number of methoxy groups -OCH3 is 1. The number of hydrogen-bond donors (Lipinski definition) is 1. The number of fused-ring (bicyclic) bond motifs is 1. The lowest BCUT2D eigenvalue weighted by molar-refractivity contribution is 0.0684. The van der Waals surface area contributed by atoms with Gasteiger partial charge in [-0.3, -0.25) is 0 Å². The zero-order valence-electron chi connectivity index (χ0n) is 11.3. The van der Waals surface area contributed by atoms with Crippen LogP contribution in [0.5, 0.6) is 5.75 Å². The summed E-state index contributed by atoms with van der Waals surface area (Å²) >= 11 is 0. The molecule has 3 unspecified atom stereocenters. The number of aliphatic hydroxyl groups is 1. The molecule has 0 saturated heterocycles. The highest BCUT2D eigenvalue weighted by atomic mass is 16.6. The third-order valence-electron chi connectivity index (χ3n) is 4.19. The van der Waals surface area contributed by atoms with Gasteiger partial charge < -0.3 is 14.7 Å². The molecule has 0 aromatic heterocycles. The van der Waals surface area contributed by atoms with Crippen LogP contribution in [0.1, 0.15) is 24.0 Å². The fourth-order valence-corrected chi connectivity index (χ4v) is 3.15. The molecule has 2 aliphatic rings. The topological polar surface area (TPSA) is 51.0 Å². The normalized spacial score (nSPS) is 28.8. The molecule has 19 heavy (non-hydrogen) atoms. The van der Waals surface area contributed by atoms with E-state index >= 15 is 0 Å². The van der Waals surface area contributed by atoms with E-state index in [2.05, 4.69) is 11.2 Å². The van der Waals surface area contributed by atoms with Gasteiger partial charge in [-0.05, 0) is 49.4 Å². The summed E-state index contributed by atoms with van der Waals surface area (Å²) in [7, 11) is 1.68. The summed E-state index contributed by atoms with van der Waals surface area (Å²) in [6.07, 6.45) is 2.02. The molecule has 0 radical (unpaired) electrons. The molecule has 1 aromatic rings. The van der Waals surface area contributed by atoms with Crippen molar-refractivity contribution in [2.75, 3.05) is 13.7 Å². The molecule has 4 nitrogen and oxygen atoms in total. The van der Waals surface area contributed by atoms with Crippen molar-refractivity contribution in [3.63, 3.8) is 0 Å². The van der Waals surface area contributed by atoms with Gasteiger partial charge >= 0.3 is 0 Å². The minimum atomic E-state index is 0.148. The summed E-state index contributed by atoms with van der Waals surface area (Å²) in [5.41, 5.74) is 3.22. The number of nitrogens with zero attached hydrogens (tertiary/aromatic N) is 1. The van der Waals surface area contributed by atoms with Crippen LogP contribution in [-0.2, 0) is 4.84 Å². The molecule has 1 fully saturated rings. The van der Waals surface area contributed by atoms with Gasteiger partial charge in [-0.15, -0.1) is 0 Å². The molecule has 1 aromatic carbocycles. The van der Waals surface area contributed by atoms with E-state index in [9.17, 15) is 5.11 Å². The lowest BCUT2D eigenvalue weighted by Gasteiger charge is -2.11. The van der Waals surface area contributed by atoms with Gasteiger partial charge in [-0.1, -0.05) is 5.16 Å². The van der Waals surface area contributed by atoms with Crippen molar-refractivity contribution in [1.82, 2.24) is 0 Å². The van der Waals surface area contributed by atoms with Crippen LogP contribution in [0.15, 0.2) is 23.4 Å². The zero-order chi connectivity index (χ0) is 13.4. The second-order valence-corrected chi connectivity index (χ2v) is 5.43. The molecule has 0 amide bonds. The van der Waals surface area contributed by atoms with Crippen LogP contribution in [0.4, 0.5) is 0 Å². The van der Waals surface area contributed by atoms with Gasteiger partial charge in [0, 0.05) is 18.1 Å². The molecule has 1 aliphatic carbocycles. The number of aryl methyl sites for hydroxylation is 1. The third-order valence-corrected chi connectivity index (χ3v) is 4.19. The van der Waals surface area contributed by atoms with Crippen LogP contribution in [0.2, 0.25) is 0 Å². The van der Waals surface area contributed by atoms with Gasteiger partial charge in [-0.2, -0.15) is 0 Å². The molecule has 4 heteroatoms. The lowest BCUT2D eigenvalue weighted by atomic mass is 9.93. The summed E-state index contributed by atoms with van der Waals surface area (Å²) in [5.74, 6) is 1.56. The second kappa shape index (κ2) is 4.85. The highest BCUT2D eigenvalue weighted by molar-refractivity contribution is 6.03. The predicted octanol–water partition coefficient (Wildman–Crippen LogP) is 2.13. The molecular formula is C15H19NO3. The fraction of sp³-hybridized carbons (Fsp3) is 0.533. The molecule has 0 spiro atoms. The van der Waals surface area contributed by atoms with E-state index in [1.54, 1.807) is 7.11 Å². The molecule has 3 atom stereocenters. The zero-order valence-corrected chi connectivity index (χ0v) is 11.3. The van der Waals surface area contributed by atoms with Crippen LogP contribution in [0.3, 0.4) is 0 Å². The summed E-state index contributed by atoms with van der Waals surface area (Å²) in [5, 5.41) is 13.5. The maximum atomic E-state index is 9.28. The van der Waals surface area contributed by atoms with Crippen LogP contribution >= 0.6 is 0 Å². The first-order valence-corrected chi connectivity index (χ1v) is 6.72. The van der Waals surface area contributed by atoms with Crippen molar-refractivity contribution in [2.45, 2.75) is 25.9 Å². The van der Waals surface area contributed by atoms with Crippen LogP contribution < -0.4 is 4.74 Å². The van der Waals surface area contributed by atoms with Gasteiger partial charge in [0.05, 0.1) is 12.8 Å². The van der Waals surface area contributed by atoms with Crippen molar-refractivity contribution in [3.8, 4) is 5.75 Å². The molecule has 0 bridgehead atoms. The first-order chi connectivity index (χ1) is 9.22. The first kappa shape index (κ1) is 12.5. The summed E-state index contributed by atoms with van der Waals surface area (Å²) in [6.45, 7) is 2.27. The Morgan fingerprint density at radius 2 is 2.26 bits per heavy atom. The smallest absolute Gasteiger partial charge is 0.136 e. The molecule has 1 saturated carbocycles. The molecular weight excluding hydrogens is 242 g/mol. The number of benzene rings is 1. The van der Waals surface area contributed by atoms with Gasteiger partial charge in [0.1, 0.15) is 11.9 Å². The van der Waals surface area contributed by atoms with E-state index in [0.29, 0.717) is 11.8 Å². The Morgan fingerprint density at radius 1 is 1.42 bits per heavy atom. The van der Waals surface area contributed by atoms with E-state index in [1.807, 2.05) is 19.1 Å². The lowest BCUT2D eigenvalue weighted by Crippen LogP contribution is -2.17. The Bertz CT molecular complexity index is 512. The van der Waals surface area contributed by atoms with Crippen molar-refractivity contribution < 1.29 is 14.7 Å². The quantitative estimate of drug-likeness (QED) is 0.906. The first-order valence-electron chi connectivity index (χ1n) is 6.72. The predicted molar refractivity (Wildman–Crippen MR) is 72.4 cm³/mol. The molecule has 1 heterocycles. The number of aliphatic hydroxyl groups excluding tert-OH is 1. The number of hydrogen-bond acceptors (Lipinski definition) is 4. The molecule has 3 rings (SSSR count). The molecule has 102 valence electrons. The Kier molecular flexibility index (Phi) is 3.19. The highest BCUT2D eigenvalue weighted by Crippen LogP contribution is 2.39. The van der Waals surface area contributed by atoms with Crippen LogP contribution in [0.25, 0.3) is 0 Å². The monoisotopic (exact) mass is 261 g/mol. The Morgan fingerprint density at radius 3 is 2.95 bits per heavy atom. The van der Waals surface area contributed by atoms with E-state index < -0.39 is 0 Å². The molecule has 1 N–H and O–H groups in total. The summed E-state index contributed by atoms with van der Waals surface area (Å²) < 4.78 is 5.28. The van der Waals surface area contributed by atoms with E-state index in [1.165, 1.54) is 0 Å². The van der Waals surface area contributed by atoms with E-state index in [-0.39, 0.29) is 12.7 Å². The van der Waals surface area contributed by atoms with Crippen molar-refractivity contribution in [1.29, 1.82) is 0 Å². The van der Waals surface area contributed by atoms with Gasteiger partial charge in [0.15, 0.2) is 0 Å². The average Bonchev–Trinajstić information content (AvgIpc) is 2.97. The standard InChI is InChI=1S/C15H19NO3/c1-9-5-11(3-4-13(9)18-2)15-12-6-10(8-17)7-14(12)19-16-15/h3-5,10,12,14,17H,6-8H2,1-2H3. The van der Waals surface area contributed by atoms with Gasteiger partial charge in [0.25, 0.3) is 0 Å². The highest BCUT2D eigenvalue weighted by Gasteiger charge is 2.43. The number of ether oxygens (including phenoxy) is 1. The van der Waals surface area contributed by atoms with Gasteiger partial charge in [-0.25, -0.2) is 0 Å². The van der Waals surface area contributed by atoms with Crippen LogP contribution in [-0.4, -0.2) is 30.6 Å². The maximum Gasteiger partial charge on any atom is 0.136 e. The van der Waals surface area contributed by atoms with E-state index in [4.69, 9.17) is 9.57 Å². The maximum absolute atomic E-state index is 9.28. The SMILES string of the molecule is COc1ccc(C2=NOC3CC(CO)CC23)cc1C. The average molecular weight is 261 g/mol. The second-order valence-electron chi connectivity index (χ2n) is 5.43. The Balaban J connectivity index is 1.85. The largest absolute Gasteiger partial charge is 0.496 e. The number of oxime groups is 1. The Labute approximate surface area is 113 Å².